The van der Waals surface area contributed by atoms with Gasteiger partial charge in [0.15, 0.2) is 0 Å². The summed E-state index contributed by atoms with van der Waals surface area (Å²) in [7, 11) is -0.964. The molecule has 0 heterocycles. The second-order valence-corrected chi connectivity index (χ2v) is 19.1. The van der Waals surface area contributed by atoms with Crippen LogP contribution in [0.1, 0.15) is 119 Å². The van der Waals surface area contributed by atoms with Gasteiger partial charge in [-0.15, -0.1) is 0 Å². The summed E-state index contributed by atoms with van der Waals surface area (Å²) in [6.45, 7) is 22.1. The molecule has 0 aliphatic carbocycles. The summed E-state index contributed by atoms with van der Waals surface area (Å²) in [6, 6.07) is 11.7. The normalized spacial score (nSPS) is 15.2. The monoisotopic (exact) mass is 636 g/mol. The number of alkyl halides is 6. The summed E-state index contributed by atoms with van der Waals surface area (Å²) in [5.41, 5.74) is 0.00359. The first-order valence-electron chi connectivity index (χ1n) is 15.2. The van der Waals surface area contributed by atoms with Crippen molar-refractivity contribution in [2.75, 3.05) is 0 Å². The Morgan fingerprint density at radius 2 is 0.857 bits per heavy atom. The SMILES string of the molecule is CCC(C)(C)P(c1ccc(C(F)(F)F)cc1)C(C)(C)CC.CCCC(C)P(c1ccc(C(F)(F)F)cc1)C(C)CCC. The zero-order chi connectivity index (χ0) is 32.5. The van der Waals surface area contributed by atoms with Crippen LogP contribution in [-0.2, 0) is 12.4 Å². The molecule has 0 aliphatic heterocycles. The molecule has 2 aromatic rings. The summed E-state index contributed by atoms with van der Waals surface area (Å²) in [5, 5.41) is 2.39. The topological polar surface area (TPSA) is 0 Å². The lowest BCUT2D eigenvalue weighted by Gasteiger charge is -2.45. The lowest BCUT2D eigenvalue weighted by Crippen LogP contribution is -2.34. The molecule has 2 rings (SSSR count). The molecule has 240 valence electrons. The van der Waals surface area contributed by atoms with Gasteiger partial charge in [0.1, 0.15) is 0 Å². The maximum absolute atomic E-state index is 12.7. The van der Waals surface area contributed by atoms with Crippen molar-refractivity contribution in [2.24, 2.45) is 0 Å². The molecule has 0 fully saturated rings. The Labute approximate surface area is 254 Å². The molecule has 8 heteroatoms. The highest BCUT2D eigenvalue weighted by atomic mass is 31.1. The van der Waals surface area contributed by atoms with Crippen molar-refractivity contribution in [2.45, 2.75) is 142 Å². The van der Waals surface area contributed by atoms with Crippen LogP contribution in [0.4, 0.5) is 26.3 Å². The van der Waals surface area contributed by atoms with Gasteiger partial charge in [0.2, 0.25) is 0 Å². The van der Waals surface area contributed by atoms with E-state index in [1.807, 2.05) is 0 Å². The van der Waals surface area contributed by atoms with Crippen molar-refractivity contribution >= 4 is 26.5 Å². The van der Waals surface area contributed by atoms with Gasteiger partial charge in [-0.1, -0.05) is 122 Å². The van der Waals surface area contributed by atoms with Crippen LogP contribution in [0.5, 0.6) is 0 Å². The first-order valence-corrected chi connectivity index (χ1v) is 18.0. The Kier molecular flexibility index (Phi) is 15.1. The molecule has 0 amide bonds. The standard InChI is InChI=1S/2C17H26F3P/c1-7-15(3,4)21(16(5,6)8-2)14-11-9-13(10-12-14)17(18,19)20;1-5-7-13(3)21(14(4)8-6-2)16-11-9-15(10-12-16)17(18,19)20/h9-12H,7-8H2,1-6H3;9-14H,5-8H2,1-4H3. The number of hydrogen-bond donors (Lipinski definition) is 0. The molecule has 2 aromatic carbocycles. The Bertz CT molecular complexity index is 1010. The van der Waals surface area contributed by atoms with E-state index in [0.717, 1.165) is 49.1 Å². The van der Waals surface area contributed by atoms with Crippen LogP contribution in [0.15, 0.2) is 48.5 Å². The van der Waals surface area contributed by atoms with E-state index >= 15 is 0 Å². The van der Waals surface area contributed by atoms with E-state index in [0.29, 0.717) is 11.3 Å². The average Bonchev–Trinajstić information content (AvgIpc) is 2.89. The highest BCUT2D eigenvalue weighted by Gasteiger charge is 2.40. The summed E-state index contributed by atoms with van der Waals surface area (Å²) < 4.78 is 76.2. The van der Waals surface area contributed by atoms with E-state index in [2.05, 4.69) is 69.2 Å². The number of hydrogen-bond acceptors (Lipinski definition) is 0. The van der Waals surface area contributed by atoms with Crippen LogP contribution >= 0.6 is 15.8 Å². The molecule has 0 saturated carbocycles. The Morgan fingerprint density at radius 1 is 0.548 bits per heavy atom. The fourth-order valence-electron chi connectivity index (χ4n) is 5.51. The average molecular weight is 637 g/mol. The molecule has 0 bridgehead atoms. The maximum Gasteiger partial charge on any atom is 0.416 e. The van der Waals surface area contributed by atoms with Crippen LogP contribution in [0, 0.1) is 0 Å². The first kappa shape index (κ1) is 38.9. The van der Waals surface area contributed by atoms with E-state index < -0.39 is 39.3 Å². The van der Waals surface area contributed by atoms with Crippen molar-refractivity contribution in [3.8, 4) is 0 Å². The van der Waals surface area contributed by atoms with Gasteiger partial charge in [-0.3, -0.25) is 0 Å². The molecule has 2 atom stereocenters. The molecule has 0 saturated heterocycles. The maximum atomic E-state index is 12.7. The lowest BCUT2D eigenvalue weighted by molar-refractivity contribution is -0.138. The summed E-state index contributed by atoms with van der Waals surface area (Å²) in [5.74, 6) is 0. The summed E-state index contributed by atoms with van der Waals surface area (Å²) in [6.07, 6.45) is -1.94. The fourth-order valence-corrected chi connectivity index (χ4v) is 13.1. The van der Waals surface area contributed by atoms with Crippen LogP contribution in [0.3, 0.4) is 0 Å². The van der Waals surface area contributed by atoms with Gasteiger partial charge in [-0.2, -0.15) is 26.3 Å². The van der Waals surface area contributed by atoms with E-state index in [9.17, 15) is 26.3 Å². The zero-order valence-corrected chi connectivity index (χ0v) is 29.0. The third-order valence-electron chi connectivity index (χ3n) is 8.25. The predicted octanol–water partition coefficient (Wildman–Crippen LogP) is 12.4. The molecule has 0 radical (unpaired) electrons. The van der Waals surface area contributed by atoms with Crippen LogP contribution in [0.25, 0.3) is 0 Å². The largest absolute Gasteiger partial charge is 0.416 e. The quantitative estimate of drug-likeness (QED) is 0.161. The minimum atomic E-state index is -4.26. The lowest BCUT2D eigenvalue weighted by atomic mass is 10.1. The Balaban J connectivity index is 0.000000420. The number of rotatable bonds is 12. The van der Waals surface area contributed by atoms with Gasteiger partial charge >= 0.3 is 12.4 Å². The zero-order valence-electron chi connectivity index (χ0n) is 27.2. The Morgan fingerprint density at radius 3 is 1.12 bits per heavy atom. The van der Waals surface area contributed by atoms with Crippen molar-refractivity contribution in [3.63, 3.8) is 0 Å². The predicted molar refractivity (Wildman–Crippen MR) is 173 cm³/mol. The molecule has 0 nitrogen and oxygen atoms in total. The third-order valence-corrected chi connectivity index (χ3v) is 15.4. The van der Waals surface area contributed by atoms with Gasteiger partial charge in [-0.05, 0) is 82.2 Å². The summed E-state index contributed by atoms with van der Waals surface area (Å²) in [4.78, 5) is 0. The third kappa shape index (κ3) is 11.1. The smallest absolute Gasteiger partial charge is 0.166 e. The van der Waals surface area contributed by atoms with E-state index in [1.165, 1.54) is 24.3 Å². The molecule has 0 N–H and O–H groups in total. The molecule has 0 spiro atoms. The minimum absolute atomic E-state index is 0.106. The van der Waals surface area contributed by atoms with E-state index in [4.69, 9.17) is 0 Å². The van der Waals surface area contributed by atoms with Gasteiger partial charge in [-0.25, -0.2) is 0 Å². The molecular formula is C34H52F6P2. The van der Waals surface area contributed by atoms with Crippen LogP contribution in [0.2, 0.25) is 0 Å². The number of halogens is 6. The minimum Gasteiger partial charge on any atom is -0.166 e. The highest BCUT2D eigenvalue weighted by Crippen LogP contribution is 2.61. The molecule has 42 heavy (non-hydrogen) atoms. The van der Waals surface area contributed by atoms with Crippen LogP contribution in [-0.4, -0.2) is 21.6 Å². The van der Waals surface area contributed by atoms with Gasteiger partial charge in [0.05, 0.1) is 11.1 Å². The van der Waals surface area contributed by atoms with Crippen LogP contribution < -0.4 is 10.6 Å². The second kappa shape index (κ2) is 16.3. The molecule has 0 aromatic heterocycles. The first-order chi connectivity index (χ1) is 19.3. The summed E-state index contributed by atoms with van der Waals surface area (Å²) >= 11 is 0. The number of benzene rings is 2. The van der Waals surface area contributed by atoms with Crippen molar-refractivity contribution in [1.82, 2.24) is 0 Å². The van der Waals surface area contributed by atoms with Gasteiger partial charge in [0, 0.05) is 0 Å². The second-order valence-electron chi connectivity index (χ2n) is 12.4. The molecule has 2 unspecified atom stereocenters. The van der Waals surface area contributed by atoms with Crippen molar-refractivity contribution in [3.05, 3.63) is 59.7 Å². The fraction of sp³-hybridized carbons (Fsp3) is 0.647. The molecule has 0 aliphatic rings. The van der Waals surface area contributed by atoms with Gasteiger partial charge < -0.3 is 0 Å². The Hall–Kier alpha value is -1.12. The van der Waals surface area contributed by atoms with E-state index in [-0.39, 0.29) is 10.3 Å². The molecular weight excluding hydrogens is 584 g/mol. The highest BCUT2D eigenvalue weighted by molar-refractivity contribution is 7.68. The van der Waals surface area contributed by atoms with Crippen molar-refractivity contribution in [1.29, 1.82) is 0 Å². The van der Waals surface area contributed by atoms with Gasteiger partial charge in [0.25, 0.3) is 0 Å². The van der Waals surface area contributed by atoms with E-state index in [1.54, 1.807) is 24.3 Å². The van der Waals surface area contributed by atoms with Crippen molar-refractivity contribution < 1.29 is 26.3 Å².